The predicted octanol–water partition coefficient (Wildman–Crippen LogP) is 6.10. The van der Waals surface area contributed by atoms with Crippen molar-refractivity contribution >= 4 is 65.3 Å². The fraction of sp³-hybridized carbons (Fsp3) is 0.143. The fourth-order valence-corrected chi connectivity index (χ4v) is 5.36. The number of halogens is 3. The van der Waals surface area contributed by atoms with Crippen LogP contribution < -0.4 is 9.47 Å². The zero-order valence-corrected chi connectivity index (χ0v) is 21.6. The molecule has 166 valence electrons. The SMILES string of the molecule is COc1ccc(/C=C/C(=O)c2nn(C)cc2[N+](=O)[O-])cc1COc1c(Br)cc(Br)cc1Br. The molecule has 0 atom stereocenters. The van der Waals surface area contributed by atoms with Crippen molar-refractivity contribution in [3.05, 3.63) is 83.0 Å². The number of allylic oxidation sites excluding steroid dienone is 1. The summed E-state index contributed by atoms with van der Waals surface area (Å²) in [4.78, 5) is 22.9. The Hall–Kier alpha value is -2.50. The first kappa shape index (κ1) is 24.1. The van der Waals surface area contributed by atoms with Gasteiger partial charge in [0.2, 0.25) is 11.5 Å². The van der Waals surface area contributed by atoms with Crippen LogP contribution in [0.25, 0.3) is 6.08 Å². The summed E-state index contributed by atoms with van der Waals surface area (Å²) in [6.45, 7) is 0.212. The Morgan fingerprint density at radius 1 is 1.22 bits per heavy atom. The van der Waals surface area contributed by atoms with E-state index in [-0.39, 0.29) is 18.0 Å². The molecule has 0 N–H and O–H groups in total. The number of rotatable bonds is 8. The Morgan fingerprint density at radius 2 is 1.91 bits per heavy atom. The van der Waals surface area contributed by atoms with Crippen molar-refractivity contribution in [2.24, 2.45) is 7.05 Å². The summed E-state index contributed by atoms with van der Waals surface area (Å²) >= 11 is 10.4. The van der Waals surface area contributed by atoms with Crippen molar-refractivity contribution in [1.82, 2.24) is 9.78 Å². The number of benzene rings is 2. The molecule has 0 spiro atoms. The lowest BCUT2D eigenvalue weighted by Gasteiger charge is -2.14. The third kappa shape index (κ3) is 5.64. The molecule has 0 radical (unpaired) electrons. The zero-order valence-electron chi connectivity index (χ0n) is 16.8. The highest BCUT2D eigenvalue weighted by Gasteiger charge is 2.23. The third-order valence-electron chi connectivity index (χ3n) is 4.31. The van der Waals surface area contributed by atoms with Gasteiger partial charge in [-0.25, -0.2) is 0 Å². The number of carbonyl (C=O) groups is 1. The Bertz CT molecular complexity index is 1200. The maximum Gasteiger partial charge on any atom is 0.318 e. The second-order valence-corrected chi connectivity index (χ2v) is 9.17. The molecule has 0 saturated heterocycles. The highest BCUT2D eigenvalue weighted by Crippen LogP contribution is 2.37. The van der Waals surface area contributed by atoms with Crippen molar-refractivity contribution in [3.8, 4) is 11.5 Å². The molecule has 0 aliphatic carbocycles. The summed E-state index contributed by atoms with van der Waals surface area (Å²) in [5.41, 5.74) is 0.908. The fourth-order valence-electron chi connectivity index (χ4n) is 2.87. The van der Waals surface area contributed by atoms with Gasteiger partial charge >= 0.3 is 5.69 Å². The summed E-state index contributed by atoms with van der Waals surface area (Å²) in [6.07, 6.45) is 4.01. The molecule has 0 fully saturated rings. The van der Waals surface area contributed by atoms with Crippen LogP contribution in [0, 0.1) is 10.1 Å². The lowest BCUT2D eigenvalue weighted by Crippen LogP contribution is -2.02. The minimum Gasteiger partial charge on any atom is -0.496 e. The van der Waals surface area contributed by atoms with E-state index in [1.807, 2.05) is 18.2 Å². The monoisotopic (exact) mass is 627 g/mol. The van der Waals surface area contributed by atoms with E-state index < -0.39 is 10.7 Å². The first-order valence-corrected chi connectivity index (χ1v) is 11.4. The van der Waals surface area contributed by atoms with Crippen LogP contribution in [0.5, 0.6) is 11.5 Å². The molecule has 11 heteroatoms. The minimum absolute atomic E-state index is 0.212. The van der Waals surface area contributed by atoms with Crippen LogP contribution in [0.15, 0.2) is 56.0 Å². The molecule has 0 aliphatic heterocycles. The molecule has 1 heterocycles. The molecule has 2 aromatic carbocycles. The van der Waals surface area contributed by atoms with E-state index in [9.17, 15) is 14.9 Å². The molecule has 0 aliphatic rings. The molecule has 0 saturated carbocycles. The topological polar surface area (TPSA) is 96.5 Å². The van der Waals surface area contributed by atoms with E-state index >= 15 is 0 Å². The lowest BCUT2D eigenvalue weighted by atomic mass is 10.1. The number of hydrogen-bond donors (Lipinski definition) is 0. The number of aryl methyl sites for hydroxylation is 1. The van der Waals surface area contributed by atoms with Gasteiger partial charge in [-0.3, -0.25) is 19.6 Å². The molecule has 0 unspecified atom stereocenters. The lowest BCUT2D eigenvalue weighted by molar-refractivity contribution is -0.385. The number of nitrogens with zero attached hydrogens (tertiary/aromatic N) is 3. The van der Waals surface area contributed by atoms with Crippen LogP contribution >= 0.6 is 47.8 Å². The molecule has 32 heavy (non-hydrogen) atoms. The van der Waals surface area contributed by atoms with E-state index in [0.717, 1.165) is 19.0 Å². The van der Waals surface area contributed by atoms with Crippen molar-refractivity contribution in [3.63, 3.8) is 0 Å². The molecule has 3 rings (SSSR count). The summed E-state index contributed by atoms with van der Waals surface area (Å²) in [5, 5.41) is 15.0. The number of ketones is 1. The standard InChI is InChI=1S/C21H16Br3N3O5/c1-26-10-17(27(29)30)20(25-26)18(28)5-3-12-4-6-19(31-2)13(7-12)11-32-21-15(23)8-14(22)9-16(21)24/h3-10H,11H2,1-2H3/b5-3+. The number of aromatic nitrogens is 2. The van der Waals surface area contributed by atoms with Gasteiger partial charge < -0.3 is 9.47 Å². The first-order chi connectivity index (χ1) is 15.2. The highest BCUT2D eigenvalue weighted by molar-refractivity contribution is 9.11. The van der Waals surface area contributed by atoms with Crippen molar-refractivity contribution in [2.45, 2.75) is 6.61 Å². The zero-order chi connectivity index (χ0) is 23.4. The first-order valence-electron chi connectivity index (χ1n) is 9.04. The van der Waals surface area contributed by atoms with E-state index in [0.29, 0.717) is 17.1 Å². The second-order valence-electron chi connectivity index (χ2n) is 6.55. The van der Waals surface area contributed by atoms with Crippen LogP contribution in [0.1, 0.15) is 21.6 Å². The Morgan fingerprint density at radius 3 is 2.53 bits per heavy atom. The molecule has 0 amide bonds. The Kier molecular flexibility index (Phi) is 7.86. The number of ether oxygens (including phenoxy) is 2. The molecule has 3 aromatic rings. The van der Waals surface area contributed by atoms with Crippen molar-refractivity contribution in [1.29, 1.82) is 0 Å². The average Bonchev–Trinajstić information content (AvgIpc) is 3.13. The predicted molar refractivity (Wildman–Crippen MR) is 130 cm³/mol. The van der Waals surface area contributed by atoms with Crippen molar-refractivity contribution in [2.75, 3.05) is 7.11 Å². The average molecular weight is 630 g/mol. The number of carbonyl (C=O) groups excluding carboxylic acids is 1. The largest absolute Gasteiger partial charge is 0.496 e. The van der Waals surface area contributed by atoms with E-state index in [2.05, 4.69) is 52.9 Å². The summed E-state index contributed by atoms with van der Waals surface area (Å²) in [5.74, 6) is 0.695. The summed E-state index contributed by atoms with van der Waals surface area (Å²) in [6, 6.07) is 9.09. The van der Waals surface area contributed by atoms with Gasteiger partial charge in [-0.15, -0.1) is 0 Å². The molecular formula is C21H16Br3N3O5. The summed E-state index contributed by atoms with van der Waals surface area (Å²) in [7, 11) is 3.08. The molecular weight excluding hydrogens is 614 g/mol. The van der Waals surface area contributed by atoms with Crippen LogP contribution in [-0.4, -0.2) is 27.6 Å². The Balaban J connectivity index is 1.82. The normalized spacial score (nSPS) is 11.0. The van der Waals surface area contributed by atoms with Gasteiger partial charge in [-0.05, 0) is 67.8 Å². The van der Waals surface area contributed by atoms with Gasteiger partial charge in [0.15, 0.2) is 0 Å². The number of hydrogen-bond acceptors (Lipinski definition) is 6. The van der Waals surface area contributed by atoms with Gasteiger partial charge in [-0.1, -0.05) is 28.1 Å². The quantitative estimate of drug-likeness (QED) is 0.129. The minimum atomic E-state index is -0.630. The van der Waals surface area contributed by atoms with E-state index in [4.69, 9.17) is 9.47 Å². The Labute approximate surface area is 208 Å². The van der Waals surface area contributed by atoms with Gasteiger partial charge in [0, 0.05) is 17.1 Å². The number of nitro groups is 1. The van der Waals surface area contributed by atoms with Gasteiger partial charge in [0.05, 0.1) is 21.0 Å². The van der Waals surface area contributed by atoms with Crippen LogP contribution in [0.4, 0.5) is 5.69 Å². The molecule has 1 aromatic heterocycles. The van der Waals surface area contributed by atoms with Crippen LogP contribution in [-0.2, 0) is 13.7 Å². The van der Waals surface area contributed by atoms with Gasteiger partial charge in [0.1, 0.15) is 24.3 Å². The van der Waals surface area contributed by atoms with Gasteiger partial charge in [0.25, 0.3) is 0 Å². The van der Waals surface area contributed by atoms with E-state index in [1.54, 1.807) is 25.3 Å². The van der Waals surface area contributed by atoms with Crippen LogP contribution in [0.2, 0.25) is 0 Å². The molecule has 8 nitrogen and oxygen atoms in total. The van der Waals surface area contributed by atoms with Gasteiger partial charge in [-0.2, -0.15) is 5.10 Å². The molecule has 0 bridgehead atoms. The van der Waals surface area contributed by atoms with Crippen LogP contribution in [0.3, 0.4) is 0 Å². The maximum absolute atomic E-state index is 12.4. The maximum atomic E-state index is 12.4. The second kappa shape index (κ2) is 10.4. The third-order valence-corrected chi connectivity index (χ3v) is 5.94. The highest BCUT2D eigenvalue weighted by atomic mass is 79.9. The smallest absolute Gasteiger partial charge is 0.318 e. The number of methoxy groups -OCH3 is 1. The van der Waals surface area contributed by atoms with Crippen molar-refractivity contribution < 1.29 is 19.2 Å². The van der Waals surface area contributed by atoms with E-state index in [1.165, 1.54) is 24.0 Å². The summed E-state index contributed by atoms with van der Waals surface area (Å²) < 4.78 is 15.1.